The number of carbonyl (C=O) groups excluding carboxylic acids is 2. The van der Waals surface area contributed by atoms with Gasteiger partial charge in [0, 0.05) is 18.1 Å². The molecule has 8 heteroatoms. The first-order valence-corrected chi connectivity index (χ1v) is 8.27. The van der Waals surface area contributed by atoms with Crippen molar-refractivity contribution in [1.82, 2.24) is 9.97 Å². The monoisotopic (exact) mass is 359 g/mol. The topological polar surface area (TPSA) is 90.4 Å². The van der Waals surface area contributed by atoms with Crippen LogP contribution in [-0.4, -0.2) is 35.1 Å². The van der Waals surface area contributed by atoms with Crippen molar-refractivity contribution in [2.24, 2.45) is 5.92 Å². The van der Waals surface area contributed by atoms with Crippen LogP contribution in [0.5, 0.6) is 6.01 Å². The number of hydrogen-bond acceptors (Lipinski definition) is 6. The second-order valence-corrected chi connectivity index (χ2v) is 5.98. The standard InChI is InChI=1S/C18H18FN3O4/c19-14-4-6-15(7-5-14)22-17(24)13-8-20-18(21-9-13)26-11-16(23)25-10-12-2-1-3-12/h4-9,12H,1-3,10-11H2,(H,22,24). The van der Waals surface area contributed by atoms with Crippen LogP contribution in [0.1, 0.15) is 29.6 Å². The Morgan fingerprint density at radius 3 is 2.46 bits per heavy atom. The van der Waals surface area contributed by atoms with Crippen molar-refractivity contribution < 1.29 is 23.5 Å². The van der Waals surface area contributed by atoms with Gasteiger partial charge in [-0.3, -0.25) is 4.79 Å². The Morgan fingerprint density at radius 1 is 1.15 bits per heavy atom. The molecule has 0 atom stereocenters. The van der Waals surface area contributed by atoms with Crippen molar-refractivity contribution in [2.45, 2.75) is 19.3 Å². The lowest BCUT2D eigenvalue weighted by molar-refractivity contribution is -0.148. The predicted octanol–water partition coefficient (Wildman–Crippen LogP) is 2.59. The summed E-state index contributed by atoms with van der Waals surface area (Å²) >= 11 is 0. The van der Waals surface area contributed by atoms with Gasteiger partial charge in [0.05, 0.1) is 12.2 Å². The number of anilines is 1. The molecule has 1 fully saturated rings. The molecule has 1 aliphatic rings. The highest BCUT2D eigenvalue weighted by Gasteiger charge is 2.19. The minimum Gasteiger partial charge on any atom is -0.463 e. The fraction of sp³-hybridized carbons (Fsp3) is 0.333. The number of halogens is 1. The molecule has 1 heterocycles. The quantitative estimate of drug-likeness (QED) is 0.764. The van der Waals surface area contributed by atoms with Gasteiger partial charge >= 0.3 is 12.0 Å². The van der Waals surface area contributed by atoms with Gasteiger partial charge in [-0.2, -0.15) is 0 Å². The first-order valence-electron chi connectivity index (χ1n) is 8.27. The van der Waals surface area contributed by atoms with Gasteiger partial charge in [0.2, 0.25) is 0 Å². The third-order valence-electron chi connectivity index (χ3n) is 4.02. The van der Waals surface area contributed by atoms with Crippen LogP contribution in [0.2, 0.25) is 0 Å². The van der Waals surface area contributed by atoms with Crippen molar-refractivity contribution in [3.63, 3.8) is 0 Å². The Kier molecular flexibility index (Phi) is 5.73. The third kappa shape index (κ3) is 4.98. The van der Waals surface area contributed by atoms with Gasteiger partial charge in [0.15, 0.2) is 6.61 Å². The van der Waals surface area contributed by atoms with Crippen molar-refractivity contribution in [3.05, 3.63) is 48.0 Å². The third-order valence-corrected chi connectivity index (χ3v) is 4.02. The van der Waals surface area contributed by atoms with Crippen LogP contribution >= 0.6 is 0 Å². The number of esters is 1. The molecule has 0 bridgehead atoms. The zero-order valence-corrected chi connectivity index (χ0v) is 14.0. The lowest BCUT2D eigenvalue weighted by Crippen LogP contribution is -2.23. The maximum Gasteiger partial charge on any atom is 0.344 e. The molecule has 0 unspecified atom stereocenters. The SMILES string of the molecule is O=C(COc1ncc(C(=O)Nc2ccc(F)cc2)cn1)OCC1CCC1. The summed E-state index contributed by atoms with van der Waals surface area (Å²) in [5.74, 6) is -0.838. The summed E-state index contributed by atoms with van der Waals surface area (Å²) in [7, 11) is 0. The molecular weight excluding hydrogens is 341 g/mol. The Morgan fingerprint density at radius 2 is 1.85 bits per heavy atom. The summed E-state index contributed by atoms with van der Waals surface area (Å²) in [6.45, 7) is 0.138. The van der Waals surface area contributed by atoms with Gasteiger partial charge in [-0.05, 0) is 43.0 Å². The van der Waals surface area contributed by atoms with Crippen LogP contribution in [0.15, 0.2) is 36.7 Å². The van der Waals surface area contributed by atoms with Gasteiger partial charge in [0.1, 0.15) is 5.82 Å². The molecule has 1 aliphatic carbocycles. The molecule has 0 radical (unpaired) electrons. The van der Waals surface area contributed by atoms with Gasteiger partial charge in [0.25, 0.3) is 5.91 Å². The fourth-order valence-corrected chi connectivity index (χ4v) is 2.28. The molecule has 26 heavy (non-hydrogen) atoms. The van der Waals surface area contributed by atoms with E-state index in [0.29, 0.717) is 18.2 Å². The zero-order valence-electron chi connectivity index (χ0n) is 14.0. The molecule has 1 amide bonds. The van der Waals surface area contributed by atoms with Crippen LogP contribution < -0.4 is 10.1 Å². The number of carbonyl (C=O) groups is 2. The molecule has 7 nitrogen and oxygen atoms in total. The minimum absolute atomic E-state index is 0.0241. The second kappa shape index (κ2) is 8.37. The molecule has 1 aromatic heterocycles. The highest BCUT2D eigenvalue weighted by Crippen LogP contribution is 2.26. The summed E-state index contributed by atoms with van der Waals surface area (Å²) in [5.41, 5.74) is 0.653. The first-order chi connectivity index (χ1) is 12.6. The van der Waals surface area contributed by atoms with E-state index in [0.717, 1.165) is 12.8 Å². The van der Waals surface area contributed by atoms with E-state index in [1.54, 1.807) is 0 Å². The van der Waals surface area contributed by atoms with E-state index in [1.807, 2.05) is 0 Å². The maximum atomic E-state index is 12.9. The zero-order chi connectivity index (χ0) is 18.4. The number of hydrogen-bond donors (Lipinski definition) is 1. The Hall–Kier alpha value is -3.03. The number of benzene rings is 1. The summed E-state index contributed by atoms with van der Waals surface area (Å²) in [6.07, 6.45) is 5.94. The first kappa shape index (κ1) is 17.8. The molecule has 0 spiro atoms. The van der Waals surface area contributed by atoms with E-state index in [4.69, 9.17) is 9.47 Å². The highest BCUT2D eigenvalue weighted by molar-refractivity contribution is 6.03. The van der Waals surface area contributed by atoms with Crippen LogP contribution in [-0.2, 0) is 9.53 Å². The van der Waals surface area contributed by atoms with Crippen LogP contribution in [0.3, 0.4) is 0 Å². The summed E-state index contributed by atoms with van der Waals surface area (Å²) in [5, 5.41) is 2.59. The number of rotatable bonds is 7. The molecule has 1 N–H and O–H groups in total. The van der Waals surface area contributed by atoms with Crippen LogP contribution in [0.4, 0.5) is 10.1 Å². The maximum absolute atomic E-state index is 12.9. The molecule has 0 saturated heterocycles. The number of nitrogens with one attached hydrogen (secondary N) is 1. The number of ether oxygens (including phenoxy) is 2. The van der Waals surface area contributed by atoms with Gasteiger partial charge in [-0.25, -0.2) is 19.2 Å². The van der Waals surface area contributed by atoms with E-state index < -0.39 is 11.9 Å². The smallest absolute Gasteiger partial charge is 0.344 e. The molecule has 0 aliphatic heterocycles. The van der Waals surface area contributed by atoms with E-state index >= 15 is 0 Å². The van der Waals surface area contributed by atoms with Gasteiger partial charge < -0.3 is 14.8 Å². The molecule has 2 aromatic rings. The summed E-state index contributed by atoms with van der Waals surface area (Å²) < 4.78 is 23.1. The minimum atomic E-state index is -0.473. The summed E-state index contributed by atoms with van der Waals surface area (Å²) in [4.78, 5) is 31.4. The molecule has 1 aromatic carbocycles. The lowest BCUT2D eigenvalue weighted by Gasteiger charge is -2.24. The fourth-order valence-electron chi connectivity index (χ4n) is 2.28. The molecule has 1 saturated carbocycles. The van der Waals surface area contributed by atoms with E-state index in [9.17, 15) is 14.0 Å². The van der Waals surface area contributed by atoms with Crippen molar-refractivity contribution in [2.75, 3.05) is 18.5 Å². The van der Waals surface area contributed by atoms with Gasteiger partial charge in [-0.15, -0.1) is 0 Å². The van der Waals surface area contributed by atoms with E-state index in [2.05, 4.69) is 15.3 Å². The molecular formula is C18H18FN3O4. The molecule has 3 rings (SSSR count). The van der Waals surface area contributed by atoms with Crippen molar-refractivity contribution in [3.8, 4) is 6.01 Å². The normalized spacial score (nSPS) is 13.6. The molecule has 136 valence electrons. The average molecular weight is 359 g/mol. The van der Waals surface area contributed by atoms with E-state index in [1.165, 1.54) is 43.1 Å². The van der Waals surface area contributed by atoms with Crippen molar-refractivity contribution >= 4 is 17.6 Å². The lowest BCUT2D eigenvalue weighted by atomic mass is 9.86. The van der Waals surface area contributed by atoms with Crippen molar-refractivity contribution in [1.29, 1.82) is 0 Å². The Balaban J connectivity index is 1.45. The Bertz CT molecular complexity index is 761. The number of nitrogens with zero attached hydrogens (tertiary/aromatic N) is 2. The predicted molar refractivity (Wildman–Crippen MR) is 90.2 cm³/mol. The van der Waals surface area contributed by atoms with E-state index in [-0.39, 0.29) is 24.0 Å². The second-order valence-electron chi connectivity index (χ2n) is 5.98. The van der Waals surface area contributed by atoms with Gasteiger partial charge in [-0.1, -0.05) is 6.42 Å². The van der Waals surface area contributed by atoms with Crippen LogP contribution in [0, 0.1) is 11.7 Å². The summed E-state index contributed by atoms with van der Waals surface area (Å²) in [6, 6.07) is 5.35. The Labute approximate surface area is 149 Å². The van der Waals surface area contributed by atoms with Crippen LogP contribution in [0.25, 0.3) is 0 Å². The number of aromatic nitrogens is 2. The highest BCUT2D eigenvalue weighted by atomic mass is 19.1. The largest absolute Gasteiger partial charge is 0.463 e. The average Bonchev–Trinajstić information content (AvgIpc) is 2.61. The number of amides is 1.